The number of hydrogen-bond acceptors (Lipinski definition) is 5. The molecule has 1 unspecified atom stereocenters. The Kier molecular flexibility index (Phi) is 5.35. The van der Waals surface area contributed by atoms with Gasteiger partial charge in [0.25, 0.3) is 0 Å². The average Bonchev–Trinajstić information content (AvgIpc) is 2.40. The maximum atomic E-state index is 11.8. The molecule has 20 heavy (non-hydrogen) atoms. The Bertz CT molecular complexity index is 529. The number of hydrogen-bond donors (Lipinski definition) is 1. The molecule has 1 aromatic carbocycles. The summed E-state index contributed by atoms with van der Waals surface area (Å²) in [5, 5.41) is 3.02. The van der Waals surface area contributed by atoms with Gasteiger partial charge in [-0.1, -0.05) is 17.7 Å². The number of aryl methyl sites for hydroxylation is 1. The summed E-state index contributed by atoms with van der Waals surface area (Å²) in [6, 6.07) is 8.24. The van der Waals surface area contributed by atoms with Gasteiger partial charge in [0, 0.05) is 43.1 Å². The molecule has 112 valence electrons. The third kappa shape index (κ3) is 4.40. The van der Waals surface area contributed by atoms with Crippen molar-refractivity contribution in [3.63, 3.8) is 0 Å². The van der Waals surface area contributed by atoms with E-state index in [0.717, 1.165) is 31.1 Å². The van der Waals surface area contributed by atoms with Crippen molar-refractivity contribution in [1.82, 2.24) is 4.90 Å². The van der Waals surface area contributed by atoms with E-state index in [1.54, 1.807) is 11.8 Å². The molecule has 0 amide bonds. The zero-order valence-corrected chi connectivity index (χ0v) is 13.6. The van der Waals surface area contributed by atoms with Crippen LogP contribution in [0.1, 0.15) is 5.56 Å². The summed E-state index contributed by atoms with van der Waals surface area (Å²) in [6.07, 6.45) is 1.34. The van der Waals surface area contributed by atoms with Gasteiger partial charge in [0.1, 0.15) is 5.37 Å². The Morgan fingerprint density at radius 3 is 2.70 bits per heavy atom. The number of rotatable bonds is 5. The maximum absolute atomic E-state index is 11.8. The SMILES string of the molecule is Cc1ccc(NCCN2CCSCC2S(C)(=O)=O)cc1. The Hall–Kier alpha value is -0.720. The molecular formula is C14H22N2O2S2. The lowest BCUT2D eigenvalue weighted by Crippen LogP contribution is -2.48. The van der Waals surface area contributed by atoms with E-state index in [-0.39, 0.29) is 5.37 Å². The van der Waals surface area contributed by atoms with Gasteiger partial charge >= 0.3 is 0 Å². The van der Waals surface area contributed by atoms with Crippen molar-refractivity contribution in [3.05, 3.63) is 29.8 Å². The van der Waals surface area contributed by atoms with Gasteiger partial charge in [-0.3, -0.25) is 4.90 Å². The predicted molar refractivity (Wildman–Crippen MR) is 87.2 cm³/mol. The van der Waals surface area contributed by atoms with Crippen molar-refractivity contribution in [2.75, 3.05) is 42.7 Å². The number of nitrogens with zero attached hydrogens (tertiary/aromatic N) is 1. The van der Waals surface area contributed by atoms with Gasteiger partial charge in [-0.05, 0) is 19.1 Å². The van der Waals surface area contributed by atoms with Crippen LogP contribution in [0, 0.1) is 6.92 Å². The van der Waals surface area contributed by atoms with Crippen molar-refractivity contribution in [3.8, 4) is 0 Å². The summed E-state index contributed by atoms with van der Waals surface area (Å²) < 4.78 is 23.6. The van der Waals surface area contributed by atoms with Gasteiger partial charge < -0.3 is 5.32 Å². The first kappa shape index (κ1) is 15.7. The van der Waals surface area contributed by atoms with Crippen molar-refractivity contribution in [2.45, 2.75) is 12.3 Å². The first-order valence-corrected chi connectivity index (χ1v) is 9.89. The molecule has 1 aromatic rings. The molecule has 1 N–H and O–H groups in total. The van der Waals surface area contributed by atoms with Crippen molar-refractivity contribution < 1.29 is 8.42 Å². The average molecular weight is 314 g/mol. The minimum Gasteiger partial charge on any atom is -0.384 e. The molecule has 0 radical (unpaired) electrons. The largest absolute Gasteiger partial charge is 0.384 e. The number of thioether (sulfide) groups is 1. The van der Waals surface area contributed by atoms with Gasteiger partial charge in [-0.25, -0.2) is 8.42 Å². The number of nitrogens with one attached hydrogen (secondary N) is 1. The van der Waals surface area contributed by atoms with Crippen LogP contribution in [0.15, 0.2) is 24.3 Å². The summed E-state index contributed by atoms with van der Waals surface area (Å²) in [5.74, 6) is 1.69. The quantitative estimate of drug-likeness (QED) is 0.898. The lowest BCUT2D eigenvalue weighted by Gasteiger charge is -2.34. The fraction of sp³-hybridized carbons (Fsp3) is 0.571. The molecule has 1 atom stereocenters. The normalized spacial score (nSPS) is 20.8. The number of anilines is 1. The summed E-state index contributed by atoms with van der Waals surface area (Å²) >= 11 is 1.72. The molecule has 6 heteroatoms. The molecule has 0 aromatic heterocycles. The molecule has 1 aliphatic rings. The summed E-state index contributed by atoms with van der Waals surface area (Å²) in [4.78, 5) is 2.08. The van der Waals surface area contributed by atoms with Crippen LogP contribution >= 0.6 is 11.8 Å². The van der Waals surface area contributed by atoms with Crippen LogP contribution in [0.25, 0.3) is 0 Å². The molecule has 1 saturated heterocycles. The fourth-order valence-electron chi connectivity index (χ4n) is 2.28. The van der Waals surface area contributed by atoms with E-state index in [1.807, 2.05) is 0 Å². The second-order valence-corrected chi connectivity index (χ2v) is 8.54. The Morgan fingerprint density at radius 2 is 2.05 bits per heavy atom. The van der Waals surface area contributed by atoms with Crippen molar-refractivity contribution >= 4 is 27.3 Å². The van der Waals surface area contributed by atoms with Crippen molar-refractivity contribution in [1.29, 1.82) is 0 Å². The zero-order valence-electron chi connectivity index (χ0n) is 12.0. The number of sulfone groups is 1. The van der Waals surface area contributed by atoms with Gasteiger partial charge in [0.2, 0.25) is 0 Å². The highest BCUT2D eigenvalue weighted by Gasteiger charge is 2.30. The van der Waals surface area contributed by atoms with E-state index >= 15 is 0 Å². The highest BCUT2D eigenvalue weighted by atomic mass is 32.2. The van der Waals surface area contributed by atoms with E-state index in [4.69, 9.17) is 0 Å². The van der Waals surface area contributed by atoms with E-state index in [9.17, 15) is 8.42 Å². The van der Waals surface area contributed by atoms with Gasteiger partial charge in [-0.15, -0.1) is 0 Å². The second-order valence-electron chi connectivity index (χ2n) is 5.19. The molecule has 0 aliphatic carbocycles. The Balaban J connectivity index is 1.87. The molecule has 1 heterocycles. The monoisotopic (exact) mass is 314 g/mol. The zero-order chi connectivity index (χ0) is 14.6. The summed E-state index contributed by atoms with van der Waals surface area (Å²) in [5.41, 5.74) is 2.32. The Morgan fingerprint density at radius 1 is 1.35 bits per heavy atom. The fourth-order valence-corrected chi connectivity index (χ4v) is 5.25. The van der Waals surface area contributed by atoms with Gasteiger partial charge in [0.05, 0.1) is 0 Å². The highest BCUT2D eigenvalue weighted by Crippen LogP contribution is 2.20. The van der Waals surface area contributed by atoms with Crippen LogP contribution in [0.5, 0.6) is 0 Å². The van der Waals surface area contributed by atoms with E-state index in [0.29, 0.717) is 5.75 Å². The molecule has 0 spiro atoms. The number of benzene rings is 1. The third-order valence-electron chi connectivity index (χ3n) is 3.46. The van der Waals surface area contributed by atoms with E-state index < -0.39 is 9.84 Å². The topological polar surface area (TPSA) is 49.4 Å². The van der Waals surface area contributed by atoms with Crippen LogP contribution in [0.3, 0.4) is 0 Å². The molecule has 0 bridgehead atoms. The summed E-state index contributed by atoms with van der Waals surface area (Å²) in [6.45, 7) is 4.43. The van der Waals surface area contributed by atoms with Gasteiger partial charge in [0.15, 0.2) is 9.84 Å². The predicted octanol–water partition coefficient (Wildman–Crippen LogP) is 1.83. The standard InChI is InChI=1S/C14H22N2O2S2/c1-12-3-5-13(6-4-12)15-7-8-16-9-10-19-11-14(16)20(2,17)18/h3-6,14-15H,7-11H2,1-2H3. The molecule has 4 nitrogen and oxygen atoms in total. The van der Waals surface area contributed by atoms with E-state index in [2.05, 4.69) is 41.4 Å². The second kappa shape index (κ2) is 6.83. The van der Waals surface area contributed by atoms with Crippen LogP contribution in [0.2, 0.25) is 0 Å². The minimum absolute atomic E-state index is 0.332. The van der Waals surface area contributed by atoms with E-state index in [1.165, 1.54) is 11.8 Å². The maximum Gasteiger partial charge on any atom is 0.164 e. The van der Waals surface area contributed by atoms with Crippen LogP contribution < -0.4 is 5.32 Å². The lowest BCUT2D eigenvalue weighted by atomic mass is 10.2. The molecule has 2 rings (SSSR count). The molecule has 1 fully saturated rings. The van der Waals surface area contributed by atoms with Crippen LogP contribution in [-0.4, -0.2) is 56.1 Å². The summed E-state index contributed by atoms with van der Waals surface area (Å²) in [7, 11) is -3.00. The Labute approximate surface area is 125 Å². The molecule has 0 saturated carbocycles. The minimum atomic E-state index is -3.00. The van der Waals surface area contributed by atoms with Crippen LogP contribution in [-0.2, 0) is 9.84 Å². The first-order valence-electron chi connectivity index (χ1n) is 6.78. The highest BCUT2D eigenvalue weighted by molar-refractivity contribution is 8.00. The molecular weight excluding hydrogens is 292 g/mol. The smallest absolute Gasteiger partial charge is 0.164 e. The van der Waals surface area contributed by atoms with Gasteiger partial charge in [-0.2, -0.15) is 11.8 Å². The van der Waals surface area contributed by atoms with Crippen molar-refractivity contribution in [2.24, 2.45) is 0 Å². The van der Waals surface area contributed by atoms with Crippen LogP contribution in [0.4, 0.5) is 5.69 Å². The first-order chi connectivity index (χ1) is 9.47. The molecule has 1 aliphatic heterocycles. The third-order valence-corrected chi connectivity index (χ3v) is 6.15. The lowest BCUT2D eigenvalue weighted by molar-refractivity contribution is 0.281.